The van der Waals surface area contributed by atoms with Crippen molar-refractivity contribution in [2.45, 2.75) is 32.9 Å². The molecule has 1 aliphatic heterocycles. The van der Waals surface area contributed by atoms with Crippen LogP contribution >= 0.6 is 11.6 Å². The fourth-order valence-electron chi connectivity index (χ4n) is 3.11. The number of hydrogen-bond acceptors (Lipinski definition) is 3. The Labute approximate surface area is 136 Å². The van der Waals surface area contributed by atoms with Crippen LogP contribution in [0.2, 0.25) is 5.02 Å². The molecule has 0 radical (unpaired) electrons. The van der Waals surface area contributed by atoms with E-state index in [1.54, 1.807) is 0 Å². The molecular weight excluding hydrogens is 298 g/mol. The molecule has 0 spiro atoms. The number of aromatic amines is 1. The molecule has 2 N–H and O–H groups in total. The number of hydrogen-bond donors (Lipinski definition) is 2. The van der Waals surface area contributed by atoms with Crippen LogP contribution in [0.4, 0.5) is 0 Å². The highest BCUT2D eigenvalue weighted by Crippen LogP contribution is 2.24. The summed E-state index contributed by atoms with van der Waals surface area (Å²) in [5.41, 5.74) is 4.38. The van der Waals surface area contributed by atoms with Gasteiger partial charge in [0, 0.05) is 36.3 Å². The molecule has 3 rings (SSSR count). The fraction of sp³-hybridized carbons (Fsp3) is 0.471. The van der Waals surface area contributed by atoms with Crippen LogP contribution < -0.4 is 0 Å². The molecule has 0 aliphatic carbocycles. The summed E-state index contributed by atoms with van der Waals surface area (Å²) >= 11 is 6.19. The van der Waals surface area contributed by atoms with Gasteiger partial charge in [-0.05, 0) is 43.5 Å². The Morgan fingerprint density at radius 3 is 2.82 bits per heavy atom. The minimum Gasteiger partial charge on any atom is -0.391 e. The molecule has 0 amide bonds. The normalized spacial score (nSPS) is 22.4. The highest BCUT2D eigenvalue weighted by atomic mass is 35.5. The largest absolute Gasteiger partial charge is 0.391 e. The van der Waals surface area contributed by atoms with Crippen LogP contribution in [0.15, 0.2) is 24.3 Å². The van der Waals surface area contributed by atoms with Gasteiger partial charge in [-0.2, -0.15) is 5.10 Å². The fourth-order valence-corrected chi connectivity index (χ4v) is 3.31. The summed E-state index contributed by atoms with van der Waals surface area (Å²) < 4.78 is 0. The Morgan fingerprint density at radius 1 is 1.32 bits per heavy atom. The second kappa shape index (κ2) is 6.41. The van der Waals surface area contributed by atoms with Crippen LogP contribution in [-0.4, -0.2) is 39.4 Å². The van der Waals surface area contributed by atoms with Gasteiger partial charge in [0.15, 0.2) is 0 Å². The van der Waals surface area contributed by atoms with Gasteiger partial charge in [0.25, 0.3) is 0 Å². The third-order valence-electron chi connectivity index (χ3n) is 4.35. The Bertz CT molecular complexity index is 655. The van der Waals surface area contributed by atoms with Crippen LogP contribution in [0.25, 0.3) is 0 Å². The molecule has 22 heavy (non-hydrogen) atoms. The van der Waals surface area contributed by atoms with E-state index in [-0.39, 0.29) is 12.0 Å². The Hall–Kier alpha value is -1.36. The number of β-amino-alcohol motifs (C(OH)–C–C–N with tert-alkyl or cyclic N) is 1. The molecule has 5 heteroatoms. The number of aryl methyl sites for hydroxylation is 2. The zero-order valence-electron chi connectivity index (χ0n) is 13.0. The summed E-state index contributed by atoms with van der Waals surface area (Å²) in [6.45, 7) is 6.42. The lowest BCUT2D eigenvalue weighted by atomic mass is 10.0. The lowest BCUT2D eigenvalue weighted by Gasteiger charge is -2.16. The van der Waals surface area contributed by atoms with Crippen LogP contribution in [0.1, 0.15) is 22.5 Å². The standard InChI is InChI=1S/C17H22ClN3O/c1-11-3-4-13(6-16(11)18)8-21-9-14(17(22)10-21)7-15-5-12(2)19-20-15/h3-6,14,17,22H,7-10H2,1-2H3,(H,19,20)/t14-,17-/m1/s1. The number of benzene rings is 1. The quantitative estimate of drug-likeness (QED) is 0.911. The van der Waals surface area contributed by atoms with E-state index >= 15 is 0 Å². The first-order valence-corrected chi connectivity index (χ1v) is 8.05. The van der Waals surface area contributed by atoms with Crippen LogP contribution in [-0.2, 0) is 13.0 Å². The van der Waals surface area contributed by atoms with Crippen molar-refractivity contribution in [1.82, 2.24) is 15.1 Å². The van der Waals surface area contributed by atoms with Gasteiger partial charge >= 0.3 is 0 Å². The van der Waals surface area contributed by atoms with Gasteiger partial charge in [0.05, 0.1) is 11.8 Å². The van der Waals surface area contributed by atoms with Crippen molar-refractivity contribution in [3.8, 4) is 0 Å². The molecule has 1 aromatic heterocycles. The third kappa shape index (κ3) is 3.51. The maximum atomic E-state index is 10.3. The number of rotatable bonds is 4. The number of likely N-dealkylation sites (tertiary alicyclic amines) is 1. The maximum Gasteiger partial charge on any atom is 0.0711 e. The van der Waals surface area contributed by atoms with Crippen molar-refractivity contribution in [1.29, 1.82) is 0 Å². The van der Waals surface area contributed by atoms with E-state index in [1.165, 1.54) is 5.56 Å². The second-order valence-corrected chi connectivity index (χ2v) is 6.76. The third-order valence-corrected chi connectivity index (χ3v) is 4.76. The highest BCUT2D eigenvalue weighted by Gasteiger charge is 2.31. The smallest absolute Gasteiger partial charge is 0.0711 e. The molecule has 2 aromatic rings. The molecule has 0 bridgehead atoms. The first-order valence-electron chi connectivity index (χ1n) is 7.67. The van der Waals surface area contributed by atoms with Gasteiger partial charge in [-0.15, -0.1) is 0 Å². The van der Waals surface area contributed by atoms with E-state index in [4.69, 9.17) is 11.6 Å². The van der Waals surface area contributed by atoms with E-state index < -0.39 is 0 Å². The molecule has 1 fully saturated rings. The van der Waals surface area contributed by atoms with Gasteiger partial charge < -0.3 is 5.11 Å². The highest BCUT2D eigenvalue weighted by molar-refractivity contribution is 6.31. The van der Waals surface area contributed by atoms with Crippen molar-refractivity contribution < 1.29 is 5.11 Å². The number of nitrogens with one attached hydrogen (secondary N) is 1. The summed E-state index contributed by atoms with van der Waals surface area (Å²) in [5, 5.41) is 18.3. The molecule has 1 aliphatic rings. The zero-order valence-corrected chi connectivity index (χ0v) is 13.8. The molecule has 1 saturated heterocycles. The minimum absolute atomic E-state index is 0.239. The van der Waals surface area contributed by atoms with Crippen molar-refractivity contribution >= 4 is 11.6 Å². The molecule has 4 nitrogen and oxygen atoms in total. The van der Waals surface area contributed by atoms with E-state index in [1.807, 2.05) is 26.0 Å². The first-order chi connectivity index (χ1) is 10.5. The predicted molar refractivity (Wildman–Crippen MR) is 88.0 cm³/mol. The molecule has 2 atom stereocenters. The Morgan fingerprint density at radius 2 is 2.14 bits per heavy atom. The predicted octanol–water partition coefficient (Wildman–Crippen LogP) is 2.72. The number of nitrogens with zero attached hydrogens (tertiary/aromatic N) is 2. The molecule has 0 saturated carbocycles. The van der Waals surface area contributed by atoms with E-state index in [9.17, 15) is 5.11 Å². The lowest BCUT2D eigenvalue weighted by Crippen LogP contribution is -2.21. The summed E-state index contributed by atoms with van der Waals surface area (Å²) in [6, 6.07) is 8.23. The summed E-state index contributed by atoms with van der Waals surface area (Å²) in [5.74, 6) is 0.239. The van der Waals surface area contributed by atoms with Gasteiger partial charge in [-0.1, -0.05) is 23.7 Å². The lowest BCUT2D eigenvalue weighted by molar-refractivity contribution is 0.140. The van der Waals surface area contributed by atoms with Crippen LogP contribution in [0.5, 0.6) is 0 Å². The van der Waals surface area contributed by atoms with Gasteiger partial charge in [-0.25, -0.2) is 0 Å². The summed E-state index contributed by atoms with van der Waals surface area (Å²) in [4.78, 5) is 2.29. The SMILES string of the molecule is Cc1cc(C[C@@H]2CN(Cc3ccc(C)c(Cl)c3)C[C@H]2O)n[nH]1. The van der Waals surface area contributed by atoms with Crippen LogP contribution in [0, 0.1) is 19.8 Å². The molecule has 2 heterocycles. The monoisotopic (exact) mass is 319 g/mol. The second-order valence-electron chi connectivity index (χ2n) is 6.35. The maximum absolute atomic E-state index is 10.3. The van der Waals surface area contributed by atoms with Gasteiger partial charge in [-0.3, -0.25) is 10.00 Å². The number of aliphatic hydroxyl groups is 1. The Balaban J connectivity index is 1.61. The van der Waals surface area contributed by atoms with E-state index in [0.717, 1.165) is 41.5 Å². The molecule has 0 unspecified atom stereocenters. The molecular formula is C17H22ClN3O. The number of aliphatic hydroxyl groups excluding tert-OH is 1. The minimum atomic E-state index is -0.294. The summed E-state index contributed by atoms with van der Waals surface area (Å²) in [7, 11) is 0. The Kier molecular flexibility index (Phi) is 4.52. The van der Waals surface area contributed by atoms with Crippen molar-refractivity contribution in [3.05, 3.63) is 51.8 Å². The van der Waals surface area contributed by atoms with Crippen molar-refractivity contribution in [2.75, 3.05) is 13.1 Å². The van der Waals surface area contributed by atoms with Crippen molar-refractivity contribution in [2.24, 2.45) is 5.92 Å². The number of H-pyrrole nitrogens is 1. The topological polar surface area (TPSA) is 52.1 Å². The zero-order chi connectivity index (χ0) is 15.7. The number of aromatic nitrogens is 2. The molecule has 118 valence electrons. The van der Waals surface area contributed by atoms with E-state index in [2.05, 4.69) is 27.2 Å². The van der Waals surface area contributed by atoms with Gasteiger partial charge in [0.1, 0.15) is 0 Å². The first kappa shape index (κ1) is 15.5. The summed E-state index contributed by atoms with van der Waals surface area (Å²) in [6.07, 6.45) is 0.523. The number of halogens is 1. The van der Waals surface area contributed by atoms with Gasteiger partial charge in [0.2, 0.25) is 0 Å². The van der Waals surface area contributed by atoms with E-state index in [0.29, 0.717) is 6.54 Å². The molecule has 1 aromatic carbocycles. The van der Waals surface area contributed by atoms with Crippen molar-refractivity contribution in [3.63, 3.8) is 0 Å². The average molecular weight is 320 g/mol. The average Bonchev–Trinajstić information content (AvgIpc) is 3.01. The van der Waals surface area contributed by atoms with Crippen LogP contribution in [0.3, 0.4) is 0 Å².